The van der Waals surface area contributed by atoms with E-state index < -0.39 is 0 Å². The molecule has 0 unspecified atom stereocenters. The van der Waals surface area contributed by atoms with Gasteiger partial charge in [0, 0.05) is 11.1 Å². The maximum atomic E-state index is 9.81. The van der Waals surface area contributed by atoms with E-state index in [0.717, 1.165) is 86.9 Å². The summed E-state index contributed by atoms with van der Waals surface area (Å²) in [7, 11) is 0. The molecule has 0 saturated heterocycles. The molecular weight excluding hydrogens is 609 g/mol. The molecule has 0 atom stereocenters. The average molecular weight is 629 g/mol. The van der Waals surface area contributed by atoms with Crippen LogP contribution in [0.3, 0.4) is 0 Å². The van der Waals surface area contributed by atoms with Gasteiger partial charge in [0.1, 0.15) is 0 Å². The Balaban J connectivity index is 1.60. The summed E-state index contributed by atoms with van der Waals surface area (Å²) in [4.78, 5) is 7.99. The SMILES string of the molecule is [C-]#[N+]c1cc(C#N)ccc1-c1c2cc3c4ccccc4c4cccc(c2c(-c2ccc(C#N)cc2[N+]#[C-])c2c5cccc6cccc(c12)c65)c43. The predicted octanol–water partition coefficient (Wildman–Crippen LogP) is 12.8. The standard InChI is InChI=1S/C46H20N4/c1-49-38-20-25(23-47)16-18-31(38)42-37-22-36-29-11-4-3-10-28(29)30-12-7-15-35(41(30)36)43(37)44(32-19-17-26(24-48)21-39(32)50-2)46-34-14-6-9-27-8-5-13-33(40(27)34)45(42)46/h3-22H. The van der Waals surface area contributed by atoms with Crippen LogP contribution in [0.15, 0.2) is 121 Å². The zero-order chi connectivity index (χ0) is 33.7. The maximum Gasteiger partial charge on any atom is 0.196 e. The highest BCUT2D eigenvalue weighted by atomic mass is 14.7. The molecule has 0 spiro atoms. The van der Waals surface area contributed by atoms with Gasteiger partial charge in [-0.05, 0) is 128 Å². The van der Waals surface area contributed by atoms with Gasteiger partial charge in [0.15, 0.2) is 11.4 Å². The third kappa shape index (κ3) is 3.44. The molecule has 0 aliphatic rings. The van der Waals surface area contributed by atoms with Crippen molar-refractivity contribution in [1.82, 2.24) is 0 Å². The molecule has 0 aliphatic carbocycles. The third-order valence-electron chi connectivity index (χ3n) is 10.4. The van der Waals surface area contributed by atoms with Crippen molar-refractivity contribution in [3.05, 3.63) is 155 Å². The summed E-state index contributed by atoms with van der Waals surface area (Å²) >= 11 is 0. The fourth-order valence-electron chi connectivity index (χ4n) is 8.51. The molecule has 0 bridgehead atoms. The summed E-state index contributed by atoms with van der Waals surface area (Å²) in [5.74, 6) is 0. The predicted molar refractivity (Wildman–Crippen MR) is 204 cm³/mol. The lowest BCUT2D eigenvalue weighted by Crippen LogP contribution is -1.92. The molecule has 4 heteroatoms. The lowest BCUT2D eigenvalue weighted by molar-refractivity contribution is 1.49. The summed E-state index contributed by atoms with van der Waals surface area (Å²) in [5.41, 5.74) is 5.09. The fourth-order valence-corrected chi connectivity index (χ4v) is 8.51. The maximum absolute atomic E-state index is 9.81. The van der Waals surface area contributed by atoms with Crippen molar-refractivity contribution >= 4 is 86.8 Å². The molecule has 10 rings (SSSR count). The minimum atomic E-state index is 0.411. The molecule has 10 aromatic rings. The Bertz CT molecular complexity index is 3300. The van der Waals surface area contributed by atoms with Crippen LogP contribution in [0, 0.1) is 35.8 Å². The van der Waals surface area contributed by atoms with Crippen LogP contribution in [-0.2, 0) is 0 Å². The van der Waals surface area contributed by atoms with Crippen LogP contribution >= 0.6 is 0 Å². The number of hydrogen-bond acceptors (Lipinski definition) is 2. The van der Waals surface area contributed by atoms with E-state index in [0.29, 0.717) is 22.5 Å². The summed E-state index contributed by atoms with van der Waals surface area (Å²) in [5, 5.41) is 34.8. The zero-order valence-electron chi connectivity index (χ0n) is 26.3. The Morgan fingerprint density at radius 2 is 0.900 bits per heavy atom. The number of nitrogens with zero attached hydrogens (tertiary/aromatic N) is 4. The van der Waals surface area contributed by atoms with E-state index in [1.807, 2.05) is 12.1 Å². The van der Waals surface area contributed by atoms with Crippen LogP contribution in [0.25, 0.3) is 107 Å². The van der Waals surface area contributed by atoms with E-state index in [1.165, 1.54) is 10.8 Å². The molecule has 0 fully saturated rings. The quantitative estimate of drug-likeness (QED) is 0.141. The molecule has 50 heavy (non-hydrogen) atoms. The molecule has 0 radical (unpaired) electrons. The minimum Gasteiger partial charge on any atom is -0.237 e. The number of hydrogen-bond donors (Lipinski definition) is 0. The van der Waals surface area contributed by atoms with E-state index in [1.54, 1.807) is 24.3 Å². The molecule has 0 heterocycles. The second-order valence-corrected chi connectivity index (χ2v) is 12.7. The molecular formula is C46H20N4. The van der Waals surface area contributed by atoms with Crippen molar-refractivity contribution in [2.45, 2.75) is 0 Å². The molecule has 4 nitrogen and oxygen atoms in total. The summed E-state index contributed by atoms with van der Waals surface area (Å²) in [6, 6.07) is 45.2. The van der Waals surface area contributed by atoms with Gasteiger partial charge in [0.2, 0.25) is 0 Å². The van der Waals surface area contributed by atoms with Crippen molar-refractivity contribution in [1.29, 1.82) is 10.5 Å². The number of rotatable bonds is 2. The van der Waals surface area contributed by atoms with Crippen LogP contribution < -0.4 is 0 Å². The zero-order valence-corrected chi connectivity index (χ0v) is 26.3. The Morgan fingerprint density at radius 1 is 0.400 bits per heavy atom. The first-order chi connectivity index (χ1) is 24.6. The first-order valence-electron chi connectivity index (χ1n) is 16.2. The van der Waals surface area contributed by atoms with E-state index >= 15 is 0 Å². The van der Waals surface area contributed by atoms with Gasteiger partial charge in [0.05, 0.1) is 25.3 Å². The van der Waals surface area contributed by atoms with E-state index in [4.69, 9.17) is 13.1 Å². The smallest absolute Gasteiger partial charge is 0.196 e. The summed E-state index contributed by atoms with van der Waals surface area (Å²) in [6.07, 6.45) is 0. The lowest BCUT2D eigenvalue weighted by Gasteiger charge is -2.20. The first kappa shape index (κ1) is 27.6. The van der Waals surface area contributed by atoms with Gasteiger partial charge in [0.25, 0.3) is 0 Å². The molecule has 0 amide bonds. The van der Waals surface area contributed by atoms with Crippen LogP contribution in [0.4, 0.5) is 11.4 Å². The van der Waals surface area contributed by atoms with Gasteiger partial charge in [-0.25, -0.2) is 9.69 Å². The number of benzene rings is 8. The van der Waals surface area contributed by atoms with Crippen molar-refractivity contribution in [3.8, 4) is 34.4 Å². The second kappa shape index (κ2) is 10.0. The largest absolute Gasteiger partial charge is 0.237 e. The summed E-state index contributed by atoms with van der Waals surface area (Å²) < 4.78 is 0. The molecule has 224 valence electrons. The number of fused-ring (bicyclic) bond motifs is 8. The number of nitriles is 2. The van der Waals surface area contributed by atoms with Crippen LogP contribution in [0.2, 0.25) is 0 Å². The van der Waals surface area contributed by atoms with Crippen molar-refractivity contribution in [2.75, 3.05) is 0 Å². The van der Waals surface area contributed by atoms with Crippen molar-refractivity contribution < 1.29 is 0 Å². The van der Waals surface area contributed by atoms with Gasteiger partial charge < -0.3 is 0 Å². The summed E-state index contributed by atoms with van der Waals surface area (Å²) in [6.45, 7) is 16.6. The Kier molecular flexibility index (Phi) is 5.52. The van der Waals surface area contributed by atoms with Gasteiger partial charge in [-0.2, -0.15) is 10.5 Å². The molecule has 0 aliphatic heterocycles. The molecule has 10 aromatic carbocycles. The molecule has 0 aromatic heterocycles. The van der Waals surface area contributed by atoms with E-state index in [9.17, 15) is 10.5 Å². The average Bonchev–Trinajstić information content (AvgIpc) is 3.68. The van der Waals surface area contributed by atoms with Crippen LogP contribution in [-0.4, -0.2) is 0 Å². The Morgan fingerprint density at radius 3 is 1.50 bits per heavy atom. The van der Waals surface area contributed by atoms with Crippen molar-refractivity contribution in [3.63, 3.8) is 0 Å². The van der Waals surface area contributed by atoms with Crippen LogP contribution in [0.1, 0.15) is 11.1 Å². The van der Waals surface area contributed by atoms with Gasteiger partial charge >= 0.3 is 0 Å². The first-order valence-corrected chi connectivity index (χ1v) is 16.2. The van der Waals surface area contributed by atoms with E-state index in [2.05, 4.69) is 107 Å². The Hall–Kier alpha value is -7.50. The van der Waals surface area contributed by atoms with E-state index in [-0.39, 0.29) is 0 Å². The lowest BCUT2D eigenvalue weighted by atomic mass is 9.83. The fraction of sp³-hybridized carbons (Fsp3) is 0. The highest BCUT2D eigenvalue weighted by molar-refractivity contribution is 6.45. The Labute approximate surface area is 286 Å². The topological polar surface area (TPSA) is 56.3 Å². The van der Waals surface area contributed by atoms with Gasteiger partial charge in [-0.3, -0.25) is 0 Å². The molecule has 0 N–H and O–H groups in total. The van der Waals surface area contributed by atoms with Gasteiger partial charge in [-0.1, -0.05) is 91.0 Å². The molecule has 0 saturated carbocycles. The normalized spacial score (nSPS) is 11.5. The van der Waals surface area contributed by atoms with Crippen LogP contribution in [0.5, 0.6) is 0 Å². The van der Waals surface area contributed by atoms with Gasteiger partial charge in [-0.15, -0.1) is 0 Å². The van der Waals surface area contributed by atoms with Crippen molar-refractivity contribution in [2.24, 2.45) is 0 Å². The minimum absolute atomic E-state index is 0.411. The monoisotopic (exact) mass is 628 g/mol. The second-order valence-electron chi connectivity index (χ2n) is 12.7. The highest BCUT2D eigenvalue weighted by Crippen LogP contribution is 2.56. The third-order valence-corrected chi connectivity index (χ3v) is 10.4. The highest BCUT2D eigenvalue weighted by Gasteiger charge is 2.28.